The van der Waals surface area contributed by atoms with Gasteiger partial charge in [0.1, 0.15) is 5.82 Å². The molecule has 3 amide bonds. The summed E-state index contributed by atoms with van der Waals surface area (Å²) in [5.41, 5.74) is 0.487. The molecule has 2 aliphatic rings. The summed E-state index contributed by atoms with van der Waals surface area (Å²) in [5.74, 6) is 0.848. The molecule has 2 saturated heterocycles. The van der Waals surface area contributed by atoms with Gasteiger partial charge < -0.3 is 15.1 Å². The first-order valence-electron chi connectivity index (χ1n) is 9.71. The van der Waals surface area contributed by atoms with E-state index in [9.17, 15) is 9.59 Å². The number of carbonyl (C=O) groups excluding carboxylic acids is 2. The molecule has 2 aliphatic heterocycles. The van der Waals surface area contributed by atoms with Gasteiger partial charge in [-0.15, -0.1) is 0 Å². The van der Waals surface area contributed by atoms with Crippen molar-refractivity contribution in [1.29, 1.82) is 0 Å². The Bertz CT molecular complexity index is 617. The van der Waals surface area contributed by atoms with Crippen molar-refractivity contribution < 1.29 is 9.59 Å². The average molecular weight is 359 g/mol. The molecule has 0 radical (unpaired) electrons. The fourth-order valence-electron chi connectivity index (χ4n) is 3.52. The highest BCUT2D eigenvalue weighted by molar-refractivity contribution is 5.93. The summed E-state index contributed by atoms with van der Waals surface area (Å²) in [6.45, 7) is 7.19. The summed E-state index contributed by atoms with van der Waals surface area (Å²) in [6.07, 6.45) is 8.19. The minimum Gasteiger partial charge on any atom is -0.349 e. The van der Waals surface area contributed by atoms with Gasteiger partial charge in [0.25, 0.3) is 5.91 Å². The number of carbonyl (C=O) groups is 2. The normalized spacial score (nSPS) is 18.9. The smallest absolute Gasteiger partial charge is 0.319 e. The van der Waals surface area contributed by atoms with Crippen molar-refractivity contribution in [2.75, 3.05) is 26.2 Å². The highest BCUT2D eigenvalue weighted by Crippen LogP contribution is 2.16. The number of rotatable bonds is 3. The van der Waals surface area contributed by atoms with Crippen LogP contribution in [0.1, 0.15) is 68.1 Å². The Morgan fingerprint density at radius 2 is 1.58 bits per heavy atom. The van der Waals surface area contributed by atoms with Gasteiger partial charge in [-0.3, -0.25) is 4.79 Å². The maximum Gasteiger partial charge on any atom is 0.319 e. The van der Waals surface area contributed by atoms with E-state index >= 15 is 0 Å². The van der Waals surface area contributed by atoms with Crippen molar-refractivity contribution in [2.24, 2.45) is 0 Å². The molecule has 0 saturated carbocycles. The summed E-state index contributed by atoms with van der Waals surface area (Å²) >= 11 is 0. The van der Waals surface area contributed by atoms with Crippen LogP contribution in [0.3, 0.4) is 0 Å². The molecular formula is C19H29N5O2. The lowest BCUT2D eigenvalue weighted by atomic mass is 10.0. The van der Waals surface area contributed by atoms with Crippen LogP contribution in [0.5, 0.6) is 0 Å². The number of hydrogen-bond acceptors (Lipinski definition) is 4. The van der Waals surface area contributed by atoms with Gasteiger partial charge in [-0.05, 0) is 32.1 Å². The molecule has 26 heavy (non-hydrogen) atoms. The lowest BCUT2D eigenvalue weighted by molar-refractivity contribution is 0.0907. The molecule has 0 spiro atoms. The van der Waals surface area contributed by atoms with Gasteiger partial charge in [-0.1, -0.05) is 13.8 Å². The largest absolute Gasteiger partial charge is 0.349 e. The van der Waals surface area contributed by atoms with Crippen LogP contribution in [0.4, 0.5) is 4.79 Å². The zero-order valence-corrected chi connectivity index (χ0v) is 15.8. The van der Waals surface area contributed by atoms with Crippen LogP contribution in [-0.2, 0) is 0 Å². The molecule has 3 rings (SSSR count). The number of piperidine rings is 2. The van der Waals surface area contributed by atoms with Crippen molar-refractivity contribution in [1.82, 2.24) is 25.1 Å². The number of urea groups is 1. The van der Waals surface area contributed by atoms with Gasteiger partial charge in [0, 0.05) is 50.5 Å². The monoisotopic (exact) mass is 359 g/mol. The third-order valence-corrected chi connectivity index (χ3v) is 5.18. The van der Waals surface area contributed by atoms with Gasteiger partial charge in [0.05, 0.1) is 5.56 Å². The third-order valence-electron chi connectivity index (χ3n) is 5.18. The molecule has 2 fully saturated rings. The second-order valence-corrected chi connectivity index (χ2v) is 7.55. The van der Waals surface area contributed by atoms with E-state index in [0.29, 0.717) is 18.7 Å². The van der Waals surface area contributed by atoms with Crippen LogP contribution in [0.15, 0.2) is 12.4 Å². The van der Waals surface area contributed by atoms with Gasteiger partial charge in [-0.25, -0.2) is 14.8 Å². The molecule has 3 heterocycles. The minimum absolute atomic E-state index is 0.0951. The van der Waals surface area contributed by atoms with Crippen molar-refractivity contribution in [2.45, 2.75) is 57.9 Å². The second-order valence-electron chi connectivity index (χ2n) is 7.55. The van der Waals surface area contributed by atoms with Crippen LogP contribution >= 0.6 is 0 Å². The zero-order chi connectivity index (χ0) is 18.5. The molecule has 7 nitrogen and oxygen atoms in total. The van der Waals surface area contributed by atoms with E-state index in [4.69, 9.17) is 0 Å². The number of nitrogens with zero attached hydrogens (tertiary/aromatic N) is 4. The predicted molar refractivity (Wildman–Crippen MR) is 99.0 cm³/mol. The Morgan fingerprint density at radius 3 is 2.15 bits per heavy atom. The van der Waals surface area contributed by atoms with E-state index < -0.39 is 0 Å². The van der Waals surface area contributed by atoms with E-state index in [-0.39, 0.29) is 23.9 Å². The lowest BCUT2D eigenvalue weighted by Crippen LogP contribution is -2.51. The van der Waals surface area contributed by atoms with Crippen molar-refractivity contribution in [3.63, 3.8) is 0 Å². The maximum absolute atomic E-state index is 12.5. The fourth-order valence-corrected chi connectivity index (χ4v) is 3.52. The SMILES string of the molecule is CC(C)c1ncc(C(=O)NC2CCN(C(=O)N3CCCCC3)CC2)cn1. The van der Waals surface area contributed by atoms with Crippen LogP contribution in [0.2, 0.25) is 0 Å². The molecule has 0 atom stereocenters. The van der Waals surface area contributed by atoms with Crippen LogP contribution in [0.25, 0.3) is 0 Å². The van der Waals surface area contributed by atoms with Gasteiger partial charge in [-0.2, -0.15) is 0 Å². The van der Waals surface area contributed by atoms with Crippen molar-refractivity contribution in [3.05, 3.63) is 23.8 Å². The maximum atomic E-state index is 12.5. The molecule has 1 aromatic rings. The number of aromatic nitrogens is 2. The Kier molecular flexibility index (Phi) is 6.06. The number of likely N-dealkylation sites (tertiary alicyclic amines) is 2. The molecule has 1 aromatic heterocycles. The quantitative estimate of drug-likeness (QED) is 0.899. The first-order valence-corrected chi connectivity index (χ1v) is 9.71. The number of nitrogens with one attached hydrogen (secondary N) is 1. The van der Waals surface area contributed by atoms with E-state index in [1.54, 1.807) is 12.4 Å². The Hall–Kier alpha value is -2.18. The van der Waals surface area contributed by atoms with E-state index in [1.807, 2.05) is 23.6 Å². The van der Waals surface area contributed by atoms with Crippen molar-refractivity contribution in [3.8, 4) is 0 Å². The molecule has 142 valence electrons. The van der Waals surface area contributed by atoms with Crippen molar-refractivity contribution >= 4 is 11.9 Å². The number of hydrogen-bond donors (Lipinski definition) is 1. The third kappa shape index (κ3) is 4.51. The Morgan fingerprint density at radius 1 is 1.00 bits per heavy atom. The van der Waals surface area contributed by atoms with E-state index in [0.717, 1.165) is 44.6 Å². The Balaban J connectivity index is 1.47. The first-order chi connectivity index (χ1) is 12.5. The second kappa shape index (κ2) is 8.47. The summed E-state index contributed by atoms with van der Waals surface area (Å²) in [7, 11) is 0. The number of amides is 3. The molecule has 0 unspecified atom stereocenters. The van der Waals surface area contributed by atoms with Gasteiger partial charge in [0.15, 0.2) is 0 Å². The van der Waals surface area contributed by atoms with Crippen LogP contribution in [0, 0.1) is 0 Å². The standard InChI is InChI=1S/C19H29N5O2/c1-14(2)17-20-12-15(13-21-17)18(25)22-16-6-10-24(11-7-16)19(26)23-8-4-3-5-9-23/h12-14,16H,3-11H2,1-2H3,(H,22,25). The summed E-state index contributed by atoms with van der Waals surface area (Å²) in [6, 6.07) is 0.254. The van der Waals surface area contributed by atoms with Crippen LogP contribution < -0.4 is 5.32 Å². The fraction of sp³-hybridized carbons (Fsp3) is 0.684. The van der Waals surface area contributed by atoms with E-state index in [1.165, 1.54) is 6.42 Å². The van der Waals surface area contributed by atoms with Crippen LogP contribution in [-0.4, -0.2) is 63.9 Å². The first kappa shape index (κ1) is 18.6. The lowest BCUT2D eigenvalue weighted by Gasteiger charge is -2.37. The molecule has 0 aliphatic carbocycles. The summed E-state index contributed by atoms with van der Waals surface area (Å²) < 4.78 is 0. The Labute approximate surface area is 155 Å². The van der Waals surface area contributed by atoms with Gasteiger partial charge in [0.2, 0.25) is 0 Å². The zero-order valence-electron chi connectivity index (χ0n) is 15.8. The summed E-state index contributed by atoms with van der Waals surface area (Å²) in [4.78, 5) is 37.3. The highest BCUT2D eigenvalue weighted by atomic mass is 16.2. The molecular weight excluding hydrogens is 330 g/mol. The molecule has 1 N–H and O–H groups in total. The summed E-state index contributed by atoms with van der Waals surface area (Å²) in [5, 5.41) is 3.05. The van der Waals surface area contributed by atoms with Gasteiger partial charge >= 0.3 is 6.03 Å². The topological polar surface area (TPSA) is 78.4 Å². The minimum atomic E-state index is -0.138. The predicted octanol–water partition coefficient (Wildman–Crippen LogP) is 2.40. The molecule has 0 bridgehead atoms. The van der Waals surface area contributed by atoms with E-state index in [2.05, 4.69) is 15.3 Å². The molecule has 0 aromatic carbocycles. The molecule has 7 heteroatoms. The highest BCUT2D eigenvalue weighted by Gasteiger charge is 2.27. The average Bonchev–Trinajstić information content (AvgIpc) is 2.68.